The average molecular weight is 244 g/mol. The highest BCUT2D eigenvalue weighted by Gasteiger charge is 2.16. The highest BCUT2D eigenvalue weighted by atomic mass is 32.2. The number of nitrogens with zero attached hydrogens (tertiary/aromatic N) is 2. The maximum Gasteiger partial charge on any atom is 0.338 e. The molecule has 88 valence electrons. The van der Waals surface area contributed by atoms with Gasteiger partial charge in [-0.3, -0.25) is 10.1 Å². The fourth-order valence-electron chi connectivity index (χ4n) is 0.857. The summed E-state index contributed by atoms with van der Waals surface area (Å²) in [6, 6.07) is 1.00. The Morgan fingerprint density at radius 2 is 2.12 bits per heavy atom. The number of hydrogen-bond acceptors (Lipinski definition) is 5. The molecule has 0 aromatic carbocycles. The second-order valence-electron chi connectivity index (χ2n) is 2.31. The van der Waals surface area contributed by atoms with Crippen molar-refractivity contribution in [2.45, 2.75) is 18.9 Å². The van der Waals surface area contributed by atoms with Crippen LogP contribution in [0, 0.1) is 10.1 Å². The Morgan fingerprint density at radius 1 is 1.56 bits per heavy atom. The molecule has 1 aromatic rings. The number of thioether (sulfide) groups is 1. The molecule has 0 atom stereocenters. The lowest BCUT2D eigenvalue weighted by Crippen LogP contribution is -2.02. The van der Waals surface area contributed by atoms with Crippen LogP contribution in [-0.4, -0.2) is 27.2 Å². The van der Waals surface area contributed by atoms with Gasteiger partial charge in [-0.1, -0.05) is 13.8 Å². The molecule has 0 spiro atoms. The van der Waals surface area contributed by atoms with Gasteiger partial charge in [-0.15, -0.1) is 11.8 Å². The van der Waals surface area contributed by atoms with Crippen LogP contribution in [0.2, 0.25) is 0 Å². The zero-order valence-corrected chi connectivity index (χ0v) is 9.95. The molecule has 7 heteroatoms. The third kappa shape index (κ3) is 3.50. The third-order valence-electron chi connectivity index (χ3n) is 1.47. The van der Waals surface area contributed by atoms with Crippen molar-refractivity contribution in [3.63, 3.8) is 0 Å². The van der Waals surface area contributed by atoms with Crippen LogP contribution in [-0.2, 0) is 0 Å². The minimum atomic E-state index is -1.22. The average Bonchev–Trinajstić information content (AvgIpc) is 2.30. The second kappa shape index (κ2) is 6.78. The van der Waals surface area contributed by atoms with E-state index in [9.17, 15) is 14.9 Å². The van der Waals surface area contributed by atoms with E-state index < -0.39 is 10.9 Å². The summed E-state index contributed by atoms with van der Waals surface area (Å²) in [5.41, 5.74) is -0.466. The molecule has 6 nitrogen and oxygen atoms in total. The maximum absolute atomic E-state index is 10.7. The van der Waals surface area contributed by atoms with Crippen molar-refractivity contribution in [1.82, 2.24) is 4.98 Å². The molecule has 0 saturated heterocycles. The van der Waals surface area contributed by atoms with Gasteiger partial charge in [0.2, 0.25) is 0 Å². The standard InChI is InChI=1S/C7H6N2O4S.C2H6/c1-14-6-5(7(10)11)2-4(3-8-6)9(12)13;1-2/h2-3H,1H3,(H,10,11);1-2H3. The Labute approximate surface area is 96.8 Å². The van der Waals surface area contributed by atoms with Gasteiger partial charge in [-0.25, -0.2) is 9.78 Å². The summed E-state index contributed by atoms with van der Waals surface area (Å²) >= 11 is 1.13. The molecule has 0 amide bonds. The van der Waals surface area contributed by atoms with Crippen LogP contribution in [0.5, 0.6) is 0 Å². The van der Waals surface area contributed by atoms with Gasteiger partial charge in [0.25, 0.3) is 5.69 Å². The maximum atomic E-state index is 10.7. The van der Waals surface area contributed by atoms with Gasteiger partial charge in [-0.2, -0.15) is 0 Å². The summed E-state index contributed by atoms with van der Waals surface area (Å²) in [7, 11) is 0. The molecule has 1 N–H and O–H groups in total. The Morgan fingerprint density at radius 3 is 2.50 bits per heavy atom. The highest BCUT2D eigenvalue weighted by molar-refractivity contribution is 7.98. The molecular formula is C9H12N2O4S. The van der Waals surface area contributed by atoms with Crippen molar-refractivity contribution in [2.24, 2.45) is 0 Å². The molecule has 1 heterocycles. The Hall–Kier alpha value is -1.63. The predicted octanol–water partition coefficient (Wildman–Crippen LogP) is 2.44. The molecule has 0 bridgehead atoms. The van der Waals surface area contributed by atoms with Crippen LogP contribution < -0.4 is 0 Å². The number of carbonyl (C=O) groups is 1. The number of rotatable bonds is 3. The SMILES string of the molecule is CC.CSc1ncc([N+](=O)[O-])cc1C(=O)O. The van der Waals surface area contributed by atoms with E-state index in [-0.39, 0.29) is 16.3 Å². The Bertz CT molecular complexity index is 395. The molecule has 0 saturated carbocycles. The van der Waals surface area contributed by atoms with Gasteiger partial charge in [-0.05, 0) is 6.26 Å². The molecule has 1 aromatic heterocycles. The first-order valence-corrected chi connectivity index (χ1v) is 5.70. The van der Waals surface area contributed by atoms with Crippen molar-refractivity contribution < 1.29 is 14.8 Å². The zero-order chi connectivity index (χ0) is 12.7. The number of carboxylic acid groups (broad SMARTS) is 1. The van der Waals surface area contributed by atoms with Gasteiger partial charge in [0.15, 0.2) is 0 Å². The van der Waals surface area contributed by atoms with E-state index in [0.717, 1.165) is 24.0 Å². The van der Waals surface area contributed by atoms with Crippen molar-refractivity contribution in [2.75, 3.05) is 6.26 Å². The topological polar surface area (TPSA) is 93.3 Å². The van der Waals surface area contributed by atoms with Crippen LogP contribution >= 0.6 is 11.8 Å². The van der Waals surface area contributed by atoms with E-state index in [1.807, 2.05) is 13.8 Å². The fourth-order valence-corrected chi connectivity index (χ4v) is 1.38. The molecule has 0 aliphatic rings. The van der Waals surface area contributed by atoms with E-state index in [2.05, 4.69) is 4.98 Å². The molecule has 0 aliphatic heterocycles. The third-order valence-corrected chi connectivity index (χ3v) is 2.18. The van der Waals surface area contributed by atoms with Gasteiger partial charge in [0.05, 0.1) is 10.5 Å². The van der Waals surface area contributed by atoms with Crippen LogP contribution in [0.3, 0.4) is 0 Å². The van der Waals surface area contributed by atoms with Crippen LogP contribution in [0.25, 0.3) is 0 Å². The lowest BCUT2D eigenvalue weighted by atomic mass is 10.3. The number of aromatic carboxylic acids is 1. The molecule has 0 aliphatic carbocycles. The normalized spacial score (nSPS) is 8.94. The number of nitro groups is 1. The molecule has 0 unspecified atom stereocenters. The Kier molecular flexibility index (Phi) is 6.09. The first kappa shape index (κ1) is 14.4. The minimum Gasteiger partial charge on any atom is -0.478 e. The predicted molar refractivity (Wildman–Crippen MR) is 61.0 cm³/mol. The van der Waals surface area contributed by atoms with Crippen LogP contribution in [0.15, 0.2) is 17.3 Å². The van der Waals surface area contributed by atoms with E-state index in [1.54, 1.807) is 6.26 Å². The van der Waals surface area contributed by atoms with Crippen molar-refractivity contribution in [3.05, 3.63) is 27.9 Å². The van der Waals surface area contributed by atoms with E-state index >= 15 is 0 Å². The fraction of sp³-hybridized carbons (Fsp3) is 0.333. The Balaban J connectivity index is 0.00000106. The van der Waals surface area contributed by atoms with E-state index in [4.69, 9.17) is 5.11 Å². The number of carboxylic acids is 1. The first-order chi connectivity index (χ1) is 7.56. The van der Waals surface area contributed by atoms with Gasteiger partial charge < -0.3 is 5.11 Å². The monoisotopic (exact) mass is 244 g/mol. The lowest BCUT2D eigenvalue weighted by molar-refractivity contribution is -0.385. The highest BCUT2D eigenvalue weighted by Crippen LogP contribution is 2.21. The summed E-state index contributed by atoms with van der Waals surface area (Å²) in [6.07, 6.45) is 2.69. The van der Waals surface area contributed by atoms with Crippen molar-refractivity contribution in [1.29, 1.82) is 0 Å². The second-order valence-corrected chi connectivity index (χ2v) is 3.11. The van der Waals surface area contributed by atoms with Crippen molar-refractivity contribution >= 4 is 23.4 Å². The minimum absolute atomic E-state index is 0.147. The van der Waals surface area contributed by atoms with E-state index in [1.165, 1.54) is 0 Å². The summed E-state index contributed by atoms with van der Waals surface area (Å²) in [4.78, 5) is 24.0. The summed E-state index contributed by atoms with van der Waals surface area (Å²) in [5.74, 6) is -1.22. The zero-order valence-electron chi connectivity index (χ0n) is 9.13. The van der Waals surface area contributed by atoms with Gasteiger partial charge >= 0.3 is 5.97 Å². The van der Waals surface area contributed by atoms with Crippen LogP contribution in [0.4, 0.5) is 5.69 Å². The molecule has 16 heavy (non-hydrogen) atoms. The summed E-state index contributed by atoms with van der Waals surface area (Å²) < 4.78 is 0. The molecule has 1 rings (SSSR count). The van der Waals surface area contributed by atoms with Gasteiger partial charge in [0, 0.05) is 6.07 Å². The van der Waals surface area contributed by atoms with E-state index in [0.29, 0.717) is 0 Å². The summed E-state index contributed by atoms with van der Waals surface area (Å²) in [6.45, 7) is 4.00. The van der Waals surface area contributed by atoms with Crippen LogP contribution in [0.1, 0.15) is 24.2 Å². The first-order valence-electron chi connectivity index (χ1n) is 4.48. The largest absolute Gasteiger partial charge is 0.478 e. The molecule has 0 fully saturated rings. The lowest BCUT2D eigenvalue weighted by Gasteiger charge is -2.00. The summed E-state index contributed by atoms with van der Waals surface area (Å²) in [5, 5.41) is 19.3. The quantitative estimate of drug-likeness (QED) is 0.498. The van der Waals surface area contributed by atoms with Crippen molar-refractivity contribution in [3.8, 4) is 0 Å². The van der Waals surface area contributed by atoms with Gasteiger partial charge in [0.1, 0.15) is 11.2 Å². The smallest absolute Gasteiger partial charge is 0.338 e. The molecular weight excluding hydrogens is 232 g/mol. The number of pyridine rings is 1. The number of aromatic nitrogens is 1. The molecule has 0 radical (unpaired) electrons. The number of hydrogen-bond donors (Lipinski definition) is 1.